The predicted molar refractivity (Wildman–Crippen MR) is 69.0 cm³/mol. The van der Waals surface area contributed by atoms with Gasteiger partial charge in [0.05, 0.1) is 0 Å². The van der Waals surface area contributed by atoms with Crippen molar-refractivity contribution in [1.29, 1.82) is 0 Å². The Labute approximate surface area is 102 Å². The third-order valence-electron chi connectivity index (χ3n) is 1.24. The van der Waals surface area contributed by atoms with E-state index in [0.29, 0.717) is 5.02 Å². The van der Waals surface area contributed by atoms with Crippen LogP contribution in [0, 0.1) is 0 Å². The zero-order chi connectivity index (χ0) is 12.4. The van der Waals surface area contributed by atoms with Gasteiger partial charge in [-0.1, -0.05) is 57.0 Å². The van der Waals surface area contributed by atoms with Crippen LogP contribution in [-0.2, 0) is 0 Å². The molecule has 1 rings (SSSR count). The van der Waals surface area contributed by atoms with Gasteiger partial charge in [0.2, 0.25) is 0 Å². The summed E-state index contributed by atoms with van der Waals surface area (Å²) in [5.41, 5.74) is 0.260. The lowest BCUT2D eigenvalue weighted by molar-refractivity contribution is 0.426. The minimum absolute atomic E-state index is 0.257. The van der Waals surface area contributed by atoms with Crippen LogP contribution in [0.2, 0.25) is 10.0 Å². The van der Waals surface area contributed by atoms with E-state index >= 15 is 0 Å². The molecule has 0 spiro atoms. The van der Waals surface area contributed by atoms with Crippen LogP contribution in [0.1, 0.15) is 27.7 Å². The van der Waals surface area contributed by atoms with Crippen molar-refractivity contribution >= 4 is 35.8 Å². The second-order valence-electron chi connectivity index (χ2n) is 2.04. The van der Waals surface area contributed by atoms with Gasteiger partial charge in [-0.3, -0.25) is 0 Å². The number of halogens is 2. The van der Waals surface area contributed by atoms with Crippen molar-refractivity contribution in [3.05, 3.63) is 28.2 Å². The van der Waals surface area contributed by atoms with Gasteiger partial charge in [0.15, 0.2) is 0 Å². The van der Waals surface area contributed by atoms with Crippen molar-refractivity contribution in [3.63, 3.8) is 0 Å². The molecule has 0 amide bonds. The molecule has 5 heteroatoms. The number of hydrogen-bond donors (Lipinski definition) is 2. The molecule has 15 heavy (non-hydrogen) atoms. The Kier molecular flexibility index (Phi) is 11.8. The van der Waals surface area contributed by atoms with Gasteiger partial charge in [-0.25, -0.2) is 0 Å². The molecule has 2 N–H and O–H groups in total. The van der Waals surface area contributed by atoms with Crippen LogP contribution in [0.25, 0.3) is 0 Å². The van der Waals surface area contributed by atoms with Gasteiger partial charge >= 0.3 is 7.12 Å². The van der Waals surface area contributed by atoms with E-state index in [2.05, 4.69) is 0 Å². The second kappa shape index (κ2) is 10.3. The van der Waals surface area contributed by atoms with Crippen LogP contribution in [0.4, 0.5) is 0 Å². The predicted octanol–water partition coefficient (Wildman–Crippen LogP) is 2.73. The Morgan fingerprint density at radius 3 is 1.80 bits per heavy atom. The monoisotopic (exact) mass is 250 g/mol. The molecule has 2 nitrogen and oxygen atoms in total. The third-order valence-corrected chi connectivity index (χ3v) is 1.80. The van der Waals surface area contributed by atoms with Crippen molar-refractivity contribution in [2.75, 3.05) is 0 Å². The van der Waals surface area contributed by atoms with E-state index < -0.39 is 7.12 Å². The van der Waals surface area contributed by atoms with E-state index in [1.54, 1.807) is 6.07 Å². The smallest absolute Gasteiger partial charge is 0.423 e. The molecule has 1 aromatic rings. The molecule has 0 bridgehead atoms. The molecule has 1 aromatic carbocycles. The zero-order valence-corrected chi connectivity index (χ0v) is 11.0. The van der Waals surface area contributed by atoms with Gasteiger partial charge in [-0.15, -0.1) is 0 Å². The third kappa shape index (κ3) is 6.80. The van der Waals surface area contributed by atoms with E-state index in [9.17, 15) is 0 Å². The lowest BCUT2D eigenvalue weighted by atomic mass is 9.80. The maximum atomic E-state index is 8.72. The normalized spacial score (nSPS) is 8.00. The average molecular weight is 251 g/mol. The first-order valence-electron chi connectivity index (χ1n) is 4.92. The summed E-state index contributed by atoms with van der Waals surface area (Å²) in [5, 5.41) is 18.2. The maximum absolute atomic E-state index is 8.72. The molecule has 0 saturated carbocycles. The molecule has 0 aliphatic rings. The lowest BCUT2D eigenvalue weighted by Gasteiger charge is -2.01. The Balaban J connectivity index is 0. The molecular formula is C10H17BCl2O2. The number of hydrogen-bond acceptors (Lipinski definition) is 2. The summed E-state index contributed by atoms with van der Waals surface area (Å²) in [6.45, 7) is 8.00. The van der Waals surface area contributed by atoms with Gasteiger partial charge in [-0.2, -0.15) is 0 Å². The van der Waals surface area contributed by atoms with Gasteiger partial charge in [-0.05, 0) is 12.1 Å². The molecule has 0 fully saturated rings. The van der Waals surface area contributed by atoms with Crippen molar-refractivity contribution in [1.82, 2.24) is 0 Å². The van der Waals surface area contributed by atoms with Crippen LogP contribution in [0.15, 0.2) is 18.2 Å². The average Bonchev–Trinajstić information content (AvgIpc) is 2.23. The van der Waals surface area contributed by atoms with Gasteiger partial charge in [0.25, 0.3) is 0 Å². The van der Waals surface area contributed by atoms with E-state index in [1.165, 1.54) is 12.1 Å². The standard InChI is InChI=1S/C6H5BCl2O2.2C2H6/c8-4-1-2-5(7(10)11)6(9)3-4;2*1-2/h1-3,10-11H;2*1-2H3. The Bertz CT molecular complexity index is 268. The molecule has 0 aliphatic carbocycles. The van der Waals surface area contributed by atoms with Crippen LogP contribution < -0.4 is 5.46 Å². The SMILES string of the molecule is CC.CC.OB(O)c1ccc(Cl)cc1Cl. The number of benzene rings is 1. The summed E-state index contributed by atoms with van der Waals surface area (Å²) in [5.74, 6) is 0. The van der Waals surface area contributed by atoms with E-state index in [-0.39, 0.29) is 10.5 Å². The highest BCUT2D eigenvalue weighted by molar-refractivity contribution is 6.62. The highest BCUT2D eigenvalue weighted by atomic mass is 35.5. The Morgan fingerprint density at radius 1 is 1.00 bits per heavy atom. The Morgan fingerprint density at radius 2 is 1.47 bits per heavy atom. The second-order valence-corrected chi connectivity index (χ2v) is 2.88. The van der Waals surface area contributed by atoms with Crippen molar-refractivity contribution in [3.8, 4) is 0 Å². The molecule has 0 radical (unpaired) electrons. The zero-order valence-electron chi connectivity index (χ0n) is 9.46. The fraction of sp³-hybridized carbons (Fsp3) is 0.400. The number of rotatable bonds is 1. The van der Waals surface area contributed by atoms with Crippen LogP contribution in [-0.4, -0.2) is 17.2 Å². The topological polar surface area (TPSA) is 40.5 Å². The fourth-order valence-electron chi connectivity index (χ4n) is 0.711. The molecule has 86 valence electrons. The van der Waals surface area contributed by atoms with Crippen molar-refractivity contribution in [2.24, 2.45) is 0 Å². The highest BCUT2D eigenvalue weighted by Crippen LogP contribution is 2.13. The molecule has 0 heterocycles. The molecule has 0 atom stereocenters. The van der Waals surface area contributed by atoms with Gasteiger partial charge < -0.3 is 10.0 Å². The lowest BCUT2D eigenvalue weighted by Crippen LogP contribution is -2.30. The summed E-state index contributed by atoms with van der Waals surface area (Å²) in [6.07, 6.45) is 0. The molecule has 0 aliphatic heterocycles. The molecule has 0 saturated heterocycles. The maximum Gasteiger partial charge on any atom is 0.489 e. The summed E-state index contributed by atoms with van der Waals surface area (Å²) >= 11 is 11.2. The van der Waals surface area contributed by atoms with Crippen LogP contribution >= 0.6 is 23.2 Å². The van der Waals surface area contributed by atoms with Crippen LogP contribution in [0.3, 0.4) is 0 Å². The van der Waals surface area contributed by atoms with E-state index in [0.717, 1.165) is 0 Å². The summed E-state index contributed by atoms with van der Waals surface area (Å²) < 4.78 is 0. The summed E-state index contributed by atoms with van der Waals surface area (Å²) in [7, 11) is -1.54. The first-order chi connectivity index (χ1) is 7.11. The first-order valence-corrected chi connectivity index (χ1v) is 5.68. The quantitative estimate of drug-likeness (QED) is 0.753. The van der Waals surface area contributed by atoms with Crippen LogP contribution in [0.5, 0.6) is 0 Å². The van der Waals surface area contributed by atoms with E-state index in [4.69, 9.17) is 33.2 Å². The highest BCUT2D eigenvalue weighted by Gasteiger charge is 2.14. The van der Waals surface area contributed by atoms with Gasteiger partial charge in [0.1, 0.15) is 0 Å². The first kappa shape index (κ1) is 17.2. The molecular weight excluding hydrogens is 234 g/mol. The molecule has 0 aromatic heterocycles. The summed E-state index contributed by atoms with van der Waals surface area (Å²) in [4.78, 5) is 0. The minimum Gasteiger partial charge on any atom is -0.423 e. The Hall–Kier alpha value is -0.215. The molecule has 0 unspecified atom stereocenters. The fourth-order valence-corrected chi connectivity index (χ4v) is 1.22. The summed E-state index contributed by atoms with van der Waals surface area (Å²) in [6, 6.07) is 4.47. The van der Waals surface area contributed by atoms with Crippen molar-refractivity contribution in [2.45, 2.75) is 27.7 Å². The van der Waals surface area contributed by atoms with E-state index in [1.807, 2.05) is 27.7 Å². The largest absolute Gasteiger partial charge is 0.489 e. The van der Waals surface area contributed by atoms with Crippen molar-refractivity contribution < 1.29 is 10.0 Å². The minimum atomic E-state index is -1.54. The van der Waals surface area contributed by atoms with Gasteiger partial charge in [0, 0.05) is 15.5 Å².